The average molecular weight is 525 g/mol. The molecule has 5 aliphatic rings. The van der Waals surface area contributed by atoms with E-state index in [1.807, 2.05) is 26.0 Å². The molecule has 0 unspecified atom stereocenters. The van der Waals surface area contributed by atoms with Gasteiger partial charge in [0.2, 0.25) is 0 Å². The zero-order valence-electron chi connectivity index (χ0n) is 23.1. The van der Waals surface area contributed by atoms with Crippen molar-refractivity contribution < 1.29 is 17.4 Å². The summed E-state index contributed by atoms with van der Waals surface area (Å²) < 4.78 is 31.8. The van der Waals surface area contributed by atoms with Gasteiger partial charge in [-0.1, -0.05) is 56.0 Å². The first-order valence-electron chi connectivity index (χ1n) is 14.7. The van der Waals surface area contributed by atoms with Crippen LogP contribution >= 0.6 is 0 Å². The minimum absolute atomic E-state index is 0.0956. The van der Waals surface area contributed by atoms with Crippen LogP contribution in [0.5, 0.6) is 0 Å². The molecule has 0 aromatic heterocycles. The quantitative estimate of drug-likeness (QED) is 0.304. The minimum Gasteiger partial charge on any atom is -0.299 e. The third kappa shape index (κ3) is 3.69. The number of hydrogen-bond acceptors (Lipinski definition) is 4. The van der Waals surface area contributed by atoms with Crippen LogP contribution in [0.4, 0.5) is 0 Å². The number of fused-ring (bicyclic) bond motifs is 7. The fourth-order valence-electron chi connectivity index (χ4n) is 10.4. The van der Waals surface area contributed by atoms with E-state index in [-0.39, 0.29) is 27.2 Å². The molecule has 0 N–H and O–H groups in total. The highest BCUT2D eigenvalue weighted by atomic mass is 32.2. The van der Waals surface area contributed by atoms with E-state index in [1.165, 1.54) is 44.1 Å². The first kappa shape index (κ1) is 25.8. The van der Waals surface area contributed by atoms with Crippen LogP contribution in [0.25, 0.3) is 0 Å². The van der Waals surface area contributed by atoms with Gasteiger partial charge in [-0.15, -0.1) is 0 Å². The number of aryl methyl sites for hydroxylation is 1. The van der Waals surface area contributed by atoms with Gasteiger partial charge in [0, 0.05) is 5.41 Å². The molecule has 202 valence electrons. The molecule has 4 nitrogen and oxygen atoms in total. The average Bonchev–Trinajstić information content (AvgIpc) is 3.14. The predicted octanol–water partition coefficient (Wildman–Crippen LogP) is 7.41. The van der Waals surface area contributed by atoms with Crippen LogP contribution in [0.1, 0.15) is 97.0 Å². The zero-order valence-corrected chi connectivity index (χ0v) is 23.9. The van der Waals surface area contributed by atoms with Gasteiger partial charge in [-0.3, -0.25) is 8.98 Å². The van der Waals surface area contributed by atoms with Gasteiger partial charge in [0.1, 0.15) is 5.78 Å². The molecule has 4 saturated carbocycles. The van der Waals surface area contributed by atoms with Crippen molar-refractivity contribution >= 4 is 15.9 Å². The maximum absolute atomic E-state index is 13.3. The number of hydrogen-bond donors (Lipinski definition) is 0. The van der Waals surface area contributed by atoms with Crippen LogP contribution in [-0.2, 0) is 19.1 Å². The first-order valence-corrected chi connectivity index (χ1v) is 16.1. The summed E-state index contributed by atoms with van der Waals surface area (Å²) in [5, 5.41) is 0. The third-order valence-corrected chi connectivity index (χ3v) is 13.7. The highest BCUT2D eigenvalue weighted by Crippen LogP contribution is 2.73. The summed E-state index contributed by atoms with van der Waals surface area (Å²) in [6.07, 6.45) is 14.2. The maximum Gasteiger partial charge on any atom is 0.297 e. The van der Waals surface area contributed by atoms with Crippen LogP contribution in [0.2, 0.25) is 0 Å². The number of carbonyl (C=O) groups excluding carboxylic acids is 1. The highest BCUT2D eigenvalue weighted by Gasteiger charge is 2.68. The largest absolute Gasteiger partial charge is 0.299 e. The van der Waals surface area contributed by atoms with Crippen LogP contribution in [0.15, 0.2) is 40.8 Å². The van der Waals surface area contributed by atoms with Gasteiger partial charge in [-0.05, 0) is 118 Å². The number of Topliss-reactive ketones (excluding diaryl/α,β-unsaturated/α-hetero) is 1. The molecular formula is C32H44O4S. The van der Waals surface area contributed by atoms with E-state index in [4.69, 9.17) is 4.18 Å². The number of carbonyl (C=O) groups is 1. The fraction of sp³-hybridized carbons (Fsp3) is 0.719. The lowest BCUT2D eigenvalue weighted by atomic mass is 9.44. The van der Waals surface area contributed by atoms with Gasteiger partial charge in [-0.2, -0.15) is 8.42 Å². The molecule has 0 radical (unpaired) electrons. The molecule has 0 bridgehead atoms. The van der Waals surface area contributed by atoms with Crippen LogP contribution in [-0.4, -0.2) is 20.3 Å². The van der Waals surface area contributed by atoms with Crippen molar-refractivity contribution in [3.05, 3.63) is 41.5 Å². The molecule has 1 aromatic carbocycles. The van der Waals surface area contributed by atoms with E-state index in [0.717, 1.165) is 31.2 Å². The summed E-state index contributed by atoms with van der Waals surface area (Å²) in [4.78, 5) is 13.6. The lowest BCUT2D eigenvalue weighted by molar-refractivity contribution is -0.147. The van der Waals surface area contributed by atoms with Crippen molar-refractivity contribution in [2.45, 2.75) is 109 Å². The Bertz CT molecular complexity index is 1220. The number of allylic oxidation sites excluding steroid dienone is 1. The van der Waals surface area contributed by atoms with Gasteiger partial charge in [0.25, 0.3) is 10.1 Å². The number of ketones is 1. The second-order valence-electron chi connectivity index (χ2n) is 13.6. The SMILES string of the molecule is CC(=O)[C@]12CCCC[C@H]1C[C@@H]1[C@@H]3CC=C4C[C@H](OS(=O)(=O)c5ccc(C)cc5)CC[C@@]4(C)[C@H]3CC[C@]12C. The lowest BCUT2D eigenvalue weighted by Gasteiger charge is -2.60. The molecule has 37 heavy (non-hydrogen) atoms. The Morgan fingerprint density at radius 3 is 2.46 bits per heavy atom. The lowest BCUT2D eigenvalue weighted by Crippen LogP contribution is -2.55. The number of rotatable bonds is 4. The van der Waals surface area contributed by atoms with Crippen molar-refractivity contribution in [3.8, 4) is 0 Å². The van der Waals surface area contributed by atoms with E-state index < -0.39 is 10.1 Å². The molecule has 0 spiro atoms. The summed E-state index contributed by atoms with van der Waals surface area (Å²) >= 11 is 0. The Morgan fingerprint density at radius 1 is 0.973 bits per heavy atom. The van der Waals surface area contributed by atoms with Gasteiger partial charge in [0.15, 0.2) is 0 Å². The van der Waals surface area contributed by atoms with E-state index in [0.29, 0.717) is 35.9 Å². The predicted molar refractivity (Wildman–Crippen MR) is 145 cm³/mol. The molecule has 0 amide bonds. The Balaban J connectivity index is 1.24. The zero-order chi connectivity index (χ0) is 26.2. The van der Waals surface area contributed by atoms with Crippen molar-refractivity contribution in [1.82, 2.24) is 0 Å². The smallest absolute Gasteiger partial charge is 0.297 e. The van der Waals surface area contributed by atoms with Crippen molar-refractivity contribution in [1.29, 1.82) is 0 Å². The summed E-state index contributed by atoms with van der Waals surface area (Å²) in [7, 11) is -3.76. The Labute approximate surface area is 223 Å². The standard InChI is InChI=1S/C32H44O4S/c1-21-8-11-26(12-9-21)37(34,35)36-25-14-17-30(3)23(19-25)10-13-27-28(30)15-18-31(4)29(27)20-24-7-5-6-16-32(24,31)22(2)33/h8-12,24-25,27-29H,5-7,13-20H2,1-4H3/t24-,25+,27+,28-,29+,30+,31+,32+/m0/s1. The van der Waals surface area contributed by atoms with Gasteiger partial charge in [0.05, 0.1) is 11.0 Å². The van der Waals surface area contributed by atoms with Crippen LogP contribution < -0.4 is 0 Å². The molecule has 5 heteroatoms. The first-order chi connectivity index (χ1) is 17.5. The summed E-state index contributed by atoms with van der Waals surface area (Å²) in [5.74, 6) is 2.93. The summed E-state index contributed by atoms with van der Waals surface area (Å²) in [5.41, 5.74) is 2.61. The Morgan fingerprint density at radius 2 is 1.73 bits per heavy atom. The minimum atomic E-state index is -3.76. The van der Waals surface area contributed by atoms with Gasteiger partial charge < -0.3 is 0 Å². The highest BCUT2D eigenvalue weighted by molar-refractivity contribution is 7.86. The van der Waals surface area contributed by atoms with E-state index in [2.05, 4.69) is 19.9 Å². The molecule has 1 aromatic rings. The summed E-state index contributed by atoms with van der Waals surface area (Å²) in [6, 6.07) is 6.94. The Hall–Kier alpha value is -1.46. The molecule has 0 saturated heterocycles. The molecule has 4 fully saturated rings. The number of benzene rings is 1. The van der Waals surface area contributed by atoms with E-state index in [9.17, 15) is 13.2 Å². The van der Waals surface area contributed by atoms with Crippen molar-refractivity contribution in [2.75, 3.05) is 0 Å². The van der Waals surface area contributed by atoms with Crippen LogP contribution in [0.3, 0.4) is 0 Å². The third-order valence-electron chi connectivity index (χ3n) is 12.3. The van der Waals surface area contributed by atoms with Crippen LogP contribution in [0, 0.1) is 46.8 Å². The fourth-order valence-corrected chi connectivity index (χ4v) is 11.5. The molecule has 0 aliphatic heterocycles. The molecule has 6 rings (SSSR count). The topological polar surface area (TPSA) is 60.4 Å². The molecule has 5 aliphatic carbocycles. The second-order valence-corrected chi connectivity index (χ2v) is 15.2. The maximum atomic E-state index is 13.3. The monoisotopic (exact) mass is 524 g/mol. The van der Waals surface area contributed by atoms with E-state index >= 15 is 0 Å². The molecular weight excluding hydrogens is 480 g/mol. The summed E-state index contributed by atoms with van der Waals surface area (Å²) in [6.45, 7) is 8.79. The van der Waals surface area contributed by atoms with Crippen molar-refractivity contribution in [2.24, 2.45) is 39.9 Å². The molecule has 8 atom stereocenters. The van der Waals surface area contributed by atoms with Crippen molar-refractivity contribution in [3.63, 3.8) is 0 Å². The second kappa shape index (κ2) is 8.78. The molecule has 0 heterocycles. The van der Waals surface area contributed by atoms with E-state index in [1.54, 1.807) is 12.1 Å². The Kier molecular flexibility index (Phi) is 6.12. The normalized spacial score (nSPS) is 43.1. The van der Waals surface area contributed by atoms with Gasteiger partial charge >= 0.3 is 0 Å². The van der Waals surface area contributed by atoms with Gasteiger partial charge in [-0.25, -0.2) is 0 Å².